The Labute approximate surface area is 188 Å². The molecular formula is C23H31N7O2. The van der Waals surface area contributed by atoms with Crippen molar-refractivity contribution in [2.45, 2.75) is 32.4 Å². The van der Waals surface area contributed by atoms with Crippen molar-refractivity contribution in [1.82, 2.24) is 24.7 Å². The van der Waals surface area contributed by atoms with Gasteiger partial charge < -0.3 is 19.6 Å². The van der Waals surface area contributed by atoms with Crippen LogP contribution in [-0.2, 0) is 30.7 Å². The Morgan fingerprint density at radius 3 is 2.78 bits per heavy atom. The molecule has 0 aromatic carbocycles. The topological polar surface area (TPSA) is 92.4 Å². The summed E-state index contributed by atoms with van der Waals surface area (Å²) in [5.74, 6) is 2.77. The lowest BCUT2D eigenvalue weighted by molar-refractivity contribution is 0.109. The average molecular weight is 438 g/mol. The molecule has 0 atom stereocenters. The van der Waals surface area contributed by atoms with Crippen LogP contribution in [0.25, 0.3) is 0 Å². The van der Waals surface area contributed by atoms with E-state index in [9.17, 15) is 0 Å². The zero-order chi connectivity index (χ0) is 22.3. The van der Waals surface area contributed by atoms with Gasteiger partial charge in [-0.2, -0.15) is 0 Å². The van der Waals surface area contributed by atoms with Crippen LogP contribution in [0.15, 0.2) is 36.7 Å². The monoisotopic (exact) mass is 437 g/mol. The molecule has 1 aliphatic heterocycles. The SMILES string of the molecule is CN(C)c1nccc2c1CCN(c1nnc(Cc3ccccn3)n1CCOCCCO)C2. The van der Waals surface area contributed by atoms with E-state index in [1.807, 2.05) is 38.5 Å². The minimum Gasteiger partial charge on any atom is -0.396 e. The smallest absolute Gasteiger partial charge is 0.227 e. The summed E-state index contributed by atoms with van der Waals surface area (Å²) in [5.41, 5.74) is 3.54. The van der Waals surface area contributed by atoms with Crippen LogP contribution in [0.4, 0.5) is 11.8 Å². The van der Waals surface area contributed by atoms with Crippen LogP contribution in [0.2, 0.25) is 0 Å². The molecule has 4 rings (SSSR count). The third kappa shape index (κ3) is 5.05. The van der Waals surface area contributed by atoms with Crippen LogP contribution >= 0.6 is 0 Å². The Bertz CT molecular complexity index is 1010. The van der Waals surface area contributed by atoms with Crippen molar-refractivity contribution >= 4 is 11.8 Å². The summed E-state index contributed by atoms with van der Waals surface area (Å²) in [5, 5.41) is 18.1. The van der Waals surface area contributed by atoms with Crippen LogP contribution < -0.4 is 9.80 Å². The molecule has 3 aromatic rings. The molecule has 0 fully saturated rings. The minimum absolute atomic E-state index is 0.139. The first kappa shape index (κ1) is 22.2. The fourth-order valence-corrected chi connectivity index (χ4v) is 4.04. The highest BCUT2D eigenvalue weighted by Gasteiger charge is 2.25. The average Bonchev–Trinajstić information content (AvgIpc) is 3.21. The van der Waals surface area contributed by atoms with E-state index in [-0.39, 0.29) is 6.61 Å². The molecular weight excluding hydrogens is 406 g/mol. The molecule has 0 aliphatic carbocycles. The van der Waals surface area contributed by atoms with E-state index in [0.29, 0.717) is 32.6 Å². The predicted molar refractivity (Wildman–Crippen MR) is 123 cm³/mol. The van der Waals surface area contributed by atoms with Crippen LogP contribution in [0, 0.1) is 0 Å². The number of pyridine rings is 2. The van der Waals surface area contributed by atoms with Gasteiger partial charge in [0.2, 0.25) is 5.95 Å². The zero-order valence-corrected chi connectivity index (χ0v) is 18.8. The summed E-state index contributed by atoms with van der Waals surface area (Å²) in [6.45, 7) is 3.50. The Kier molecular flexibility index (Phi) is 7.28. The van der Waals surface area contributed by atoms with Gasteiger partial charge >= 0.3 is 0 Å². The maximum Gasteiger partial charge on any atom is 0.227 e. The third-order valence-electron chi connectivity index (χ3n) is 5.61. The molecule has 0 bridgehead atoms. The van der Waals surface area contributed by atoms with Gasteiger partial charge in [-0.25, -0.2) is 4.98 Å². The number of nitrogens with zero attached hydrogens (tertiary/aromatic N) is 7. The van der Waals surface area contributed by atoms with Crippen LogP contribution in [0.1, 0.15) is 29.1 Å². The molecule has 0 spiro atoms. The number of rotatable bonds is 10. The second-order valence-corrected chi connectivity index (χ2v) is 8.09. The largest absolute Gasteiger partial charge is 0.396 e. The number of hydrogen-bond acceptors (Lipinski definition) is 8. The second-order valence-electron chi connectivity index (χ2n) is 8.09. The number of anilines is 2. The van der Waals surface area contributed by atoms with Gasteiger partial charge in [-0.1, -0.05) is 6.07 Å². The quantitative estimate of drug-likeness (QED) is 0.479. The van der Waals surface area contributed by atoms with Crippen molar-refractivity contribution in [3.8, 4) is 0 Å². The summed E-state index contributed by atoms with van der Waals surface area (Å²) in [6.07, 6.45) is 5.84. The highest BCUT2D eigenvalue weighted by atomic mass is 16.5. The van der Waals surface area contributed by atoms with Crippen LogP contribution in [-0.4, -0.2) is 70.3 Å². The molecule has 0 amide bonds. The Balaban J connectivity index is 1.56. The van der Waals surface area contributed by atoms with Gasteiger partial charge in [0.25, 0.3) is 0 Å². The fraction of sp³-hybridized carbons (Fsp3) is 0.478. The van der Waals surface area contributed by atoms with Gasteiger partial charge in [-0.3, -0.25) is 9.55 Å². The van der Waals surface area contributed by atoms with E-state index in [2.05, 4.69) is 40.6 Å². The molecule has 170 valence electrons. The number of aliphatic hydroxyl groups excluding tert-OH is 1. The molecule has 3 aromatic heterocycles. The van der Waals surface area contributed by atoms with Crippen molar-refractivity contribution in [1.29, 1.82) is 0 Å². The second kappa shape index (κ2) is 10.5. The molecule has 0 saturated heterocycles. The first-order valence-electron chi connectivity index (χ1n) is 11.1. The van der Waals surface area contributed by atoms with Gasteiger partial charge in [0, 0.05) is 64.0 Å². The molecule has 1 N–H and O–H groups in total. The van der Waals surface area contributed by atoms with E-state index in [1.165, 1.54) is 11.1 Å². The lowest BCUT2D eigenvalue weighted by Gasteiger charge is -2.31. The minimum atomic E-state index is 0.139. The summed E-state index contributed by atoms with van der Waals surface area (Å²) in [4.78, 5) is 13.4. The lowest BCUT2D eigenvalue weighted by atomic mass is 10.0. The molecule has 0 unspecified atom stereocenters. The summed E-state index contributed by atoms with van der Waals surface area (Å²) < 4.78 is 7.85. The third-order valence-corrected chi connectivity index (χ3v) is 5.61. The van der Waals surface area contributed by atoms with Crippen molar-refractivity contribution in [3.63, 3.8) is 0 Å². The van der Waals surface area contributed by atoms with Crippen molar-refractivity contribution in [3.05, 3.63) is 59.3 Å². The van der Waals surface area contributed by atoms with E-state index >= 15 is 0 Å². The van der Waals surface area contributed by atoms with Gasteiger partial charge in [-0.15, -0.1) is 10.2 Å². The highest BCUT2D eigenvalue weighted by Crippen LogP contribution is 2.28. The molecule has 9 heteroatoms. The maximum atomic E-state index is 8.98. The first-order valence-corrected chi connectivity index (χ1v) is 11.1. The molecule has 32 heavy (non-hydrogen) atoms. The number of aliphatic hydroxyl groups is 1. The number of ether oxygens (including phenoxy) is 1. The Morgan fingerprint density at radius 2 is 2.00 bits per heavy atom. The summed E-state index contributed by atoms with van der Waals surface area (Å²) in [7, 11) is 4.07. The van der Waals surface area contributed by atoms with E-state index in [4.69, 9.17) is 9.84 Å². The molecule has 4 heterocycles. The normalized spacial score (nSPS) is 13.3. The predicted octanol–water partition coefficient (Wildman–Crippen LogP) is 1.69. The Morgan fingerprint density at radius 1 is 1.09 bits per heavy atom. The number of aromatic nitrogens is 5. The molecule has 1 aliphatic rings. The number of hydrogen-bond donors (Lipinski definition) is 1. The van der Waals surface area contributed by atoms with Crippen molar-refractivity contribution < 1.29 is 9.84 Å². The Hall–Kier alpha value is -3.04. The first-order chi connectivity index (χ1) is 15.7. The summed E-state index contributed by atoms with van der Waals surface area (Å²) >= 11 is 0. The van der Waals surface area contributed by atoms with Crippen molar-refractivity contribution in [2.24, 2.45) is 0 Å². The molecule has 9 nitrogen and oxygen atoms in total. The van der Waals surface area contributed by atoms with Crippen LogP contribution in [0.5, 0.6) is 0 Å². The van der Waals surface area contributed by atoms with E-state index < -0.39 is 0 Å². The molecule has 0 radical (unpaired) electrons. The lowest BCUT2D eigenvalue weighted by Crippen LogP contribution is -2.34. The van der Waals surface area contributed by atoms with Crippen LogP contribution in [0.3, 0.4) is 0 Å². The highest BCUT2D eigenvalue weighted by molar-refractivity contribution is 5.53. The standard InChI is InChI=1S/C23H31N7O2/c1-28(2)22-20-8-11-29(17-18(20)7-10-25-22)23-27-26-21(16-19-6-3-4-9-24-19)30(23)12-15-32-14-5-13-31/h3-4,6-7,9-10,31H,5,8,11-17H2,1-2H3. The van der Waals surface area contributed by atoms with E-state index in [1.54, 1.807) is 6.20 Å². The maximum absolute atomic E-state index is 8.98. The number of fused-ring (bicyclic) bond motifs is 1. The van der Waals surface area contributed by atoms with E-state index in [0.717, 1.165) is 42.8 Å². The zero-order valence-electron chi connectivity index (χ0n) is 18.8. The van der Waals surface area contributed by atoms with Gasteiger partial charge in [0.15, 0.2) is 0 Å². The van der Waals surface area contributed by atoms with Gasteiger partial charge in [0.1, 0.15) is 11.6 Å². The summed E-state index contributed by atoms with van der Waals surface area (Å²) in [6, 6.07) is 8.00. The fourth-order valence-electron chi connectivity index (χ4n) is 4.04. The van der Waals surface area contributed by atoms with Crippen molar-refractivity contribution in [2.75, 3.05) is 50.3 Å². The van der Waals surface area contributed by atoms with Gasteiger partial charge in [-0.05, 0) is 36.6 Å². The molecule has 0 saturated carbocycles. The van der Waals surface area contributed by atoms with Gasteiger partial charge in [0.05, 0.1) is 19.6 Å².